The second kappa shape index (κ2) is 10.0. The number of carbonyl (C=O) groups excluding carboxylic acids is 1. The third-order valence-corrected chi connectivity index (χ3v) is 2.94. The maximum absolute atomic E-state index is 11.8. The van der Waals surface area contributed by atoms with Gasteiger partial charge in [-0.15, -0.1) is 0 Å². The van der Waals surface area contributed by atoms with E-state index >= 15 is 0 Å². The standard InChI is InChI=1S/C15H24N2O4/c1-17(15(18)12-16-8-10-19-2)9-11-21-14-7-5-4-6-13(14)20-3/h4-7,16H,8-12H2,1-3H3. The number of hydrogen-bond acceptors (Lipinski definition) is 5. The van der Waals surface area contributed by atoms with Crippen molar-refractivity contribution < 1.29 is 19.0 Å². The second-order valence-electron chi connectivity index (χ2n) is 4.48. The van der Waals surface area contributed by atoms with E-state index in [0.717, 1.165) is 0 Å². The molecule has 0 atom stereocenters. The van der Waals surface area contributed by atoms with Gasteiger partial charge in [-0.2, -0.15) is 0 Å². The molecule has 118 valence electrons. The molecule has 6 heteroatoms. The lowest BCUT2D eigenvalue weighted by molar-refractivity contribution is -0.129. The molecule has 1 aromatic rings. The van der Waals surface area contributed by atoms with Crippen LogP contribution in [0.25, 0.3) is 0 Å². The first-order valence-corrected chi connectivity index (χ1v) is 6.88. The summed E-state index contributed by atoms with van der Waals surface area (Å²) >= 11 is 0. The van der Waals surface area contributed by atoms with Crippen molar-refractivity contribution in [3.63, 3.8) is 0 Å². The van der Waals surface area contributed by atoms with Crippen LogP contribution in [0.2, 0.25) is 0 Å². The Labute approximate surface area is 126 Å². The van der Waals surface area contributed by atoms with E-state index in [-0.39, 0.29) is 5.91 Å². The van der Waals surface area contributed by atoms with Gasteiger partial charge in [0.1, 0.15) is 6.61 Å². The summed E-state index contributed by atoms with van der Waals surface area (Å²) in [6.45, 7) is 2.49. The van der Waals surface area contributed by atoms with Gasteiger partial charge in [0.25, 0.3) is 0 Å². The highest BCUT2D eigenvalue weighted by Gasteiger charge is 2.09. The zero-order valence-electron chi connectivity index (χ0n) is 12.9. The lowest BCUT2D eigenvalue weighted by Gasteiger charge is -2.18. The van der Waals surface area contributed by atoms with E-state index in [1.807, 2.05) is 24.3 Å². The Morgan fingerprint density at radius 1 is 1.19 bits per heavy atom. The van der Waals surface area contributed by atoms with E-state index in [1.54, 1.807) is 26.2 Å². The first kappa shape index (κ1) is 17.3. The predicted octanol–water partition coefficient (Wildman–Crippen LogP) is 0.768. The number of amides is 1. The topological polar surface area (TPSA) is 60.0 Å². The monoisotopic (exact) mass is 296 g/mol. The number of ether oxygens (including phenoxy) is 3. The molecule has 0 bridgehead atoms. The van der Waals surface area contributed by atoms with Crippen molar-refractivity contribution in [1.82, 2.24) is 10.2 Å². The number of likely N-dealkylation sites (N-methyl/N-ethyl adjacent to an activating group) is 1. The molecule has 1 amide bonds. The van der Waals surface area contributed by atoms with Crippen molar-refractivity contribution in [1.29, 1.82) is 0 Å². The molecule has 0 radical (unpaired) electrons. The van der Waals surface area contributed by atoms with E-state index in [4.69, 9.17) is 14.2 Å². The second-order valence-corrected chi connectivity index (χ2v) is 4.48. The van der Waals surface area contributed by atoms with Gasteiger partial charge in [0.2, 0.25) is 5.91 Å². The lowest BCUT2D eigenvalue weighted by atomic mass is 10.3. The van der Waals surface area contributed by atoms with Crippen LogP contribution >= 0.6 is 0 Å². The van der Waals surface area contributed by atoms with Crippen molar-refractivity contribution in [2.45, 2.75) is 0 Å². The summed E-state index contributed by atoms with van der Waals surface area (Å²) < 4.78 is 15.7. The Morgan fingerprint density at radius 3 is 2.57 bits per heavy atom. The molecule has 1 aromatic carbocycles. The molecule has 1 N–H and O–H groups in total. The van der Waals surface area contributed by atoms with Gasteiger partial charge in [0.15, 0.2) is 11.5 Å². The molecule has 0 aromatic heterocycles. The Kier molecular flexibility index (Phi) is 8.23. The normalized spacial score (nSPS) is 10.2. The Hall–Kier alpha value is -1.79. The smallest absolute Gasteiger partial charge is 0.236 e. The van der Waals surface area contributed by atoms with Crippen LogP contribution in [0.1, 0.15) is 0 Å². The van der Waals surface area contributed by atoms with Crippen LogP contribution in [0.3, 0.4) is 0 Å². The number of nitrogens with one attached hydrogen (secondary N) is 1. The maximum atomic E-state index is 11.8. The van der Waals surface area contributed by atoms with Gasteiger partial charge in [0.05, 0.1) is 26.8 Å². The average molecular weight is 296 g/mol. The molecule has 21 heavy (non-hydrogen) atoms. The molecule has 0 unspecified atom stereocenters. The van der Waals surface area contributed by atoms with Crippen LogP contribution in [0.4, 0.5) is 0 Å². The van der Waals surface area contributed by atoms with Crippen LogP contribution in [-0.2, 0) is 9.53 Å². The number of benzene rings is 1. The van der Waals surface area contributed by atoms with Gasteiger partial charge in [-0.3, -0.25) is 4.79 Å². The highest BCUT2D eigenvalue weighted by atomic mass is 16.5. The summed E-state index contributed by atoms with van der Waals surface area (Å²) in [5.74, 6) is 1.39. The minimum atomic E-state index is 0.0229. The largest absolute Gasteiger partial charge is 0.493 e. The Balaban J connectivity index is 2.26. The average Bonchev–Trinajstić information content (AvgIpc) is 2.51. The van der Waals surface area contributed by atoms with Crippen molar-refractivity contribution in [2.75, 3.05) is 54.1 Å². The third-order valence-electron chi connectivity index (χ3n) is 2.94. The first-order chi connectivity index (χ1) is 10.2. The summed E-state index contributed by atoms with van der Waals surface area (Å²) in [7, 11) is 4.99. The molecule has 0 heterocycles. The summed E-state index contributed by atoms with van der Waals surface area (Å²) in [5, 5.41) is 3.02. The molecule has 0 aliphatic rings. The fourth-order valence-electron chi connectivity index (χ4n) is 1.66. The van der Waals surface area contributed by atoms with Crippen LogP contribution in [0, 0.1) is 0 Å². The molecule has 0 spiro atoms. The molecular formula is C15H24N2O4. The number of rotatable bonds is 10. The van der Waals surface area contributed by atoms with Crippen LogP contribution in [-0.4, -0.2) is 64.9 Å². The zero-order valence-corrected chi connectivity index (χ0v) is 12.9. The number of hydrogen-bond donors (Lipinski definition) is 1. The van der Waals surface area contributed by atoms with Crippen molar-refractivity contribution in [2.24, 2.45) is 0 Å². The highest BCUT2D eigenvalue weighted by Crippen LogP contribution is 2.25. The van der Waals surface area contributed by atoms with Gasteiger partial charge in [-0.1, -0.05) is 12.1 Å². The first-order valence-electron chi connectivity index (χ1n) is 6.88. The van der Waals surface area contributed by atoms with Crippen molar-refractivity contribution >= 4 is 5.91 Å². The summed E-state index contributed by atoms with van der Waals surface area (Å²) in [5.41, 5.74) is 0. The third kappa shape index (κ3) is 6.46. The van der Waals surface area contributed by atoms with Gasteiger partial charge in [-0.25, -0.2) is 0 Å². The fourth-order valence-corrected chi connectivity index (χ4v) is 1.66. The highest BCUT2D eigenvalue weighted by molar-refractivity contribution is 5.77. The molecule has 0 fully saturated rings. The summed E-state index contributed by atoms with van der Waals surface area (Å²) in [4.78, 5) is 13.4. The summed E-state index contributed by atoms with van der Waals surface area (Å²) in [6, 6.07) is 7.44. The molecule has 1 rings (SSSR count). The van der Waals surface area contributed by atoms with E-state index in [0.29, 0.717) is 44.3 Å². The van der Waals surface area contributed by atoms with Gasteiger partial charge in [0, 0.05) is 20.7 Å². The van der Waals surface area contributed by atoms with Crippen LogP contribution < -0.4 is 14.8 Å². The van der Waals surface area contributed by atoms with E-state index in [1.165, 1.54) is 0 Å². The van der Waals surface area contributed by atoms with E-state index < -0.39 is 0 Å². The lowest BCUT2D eigenvalue weighted by Crippen LogP contribution is -2.38. The maximum Gasteiger partial charge on any atom is 0.236 e. The molecule has 0 saturated carbocycles. The Bertz CT molecular complexity index is 426. The van der Waals surface area contributed by atoms with Gasteiger partial charge >= 0.3 is 0 Å². The number of methoxy groups -OCH3 is 2. The molecule has 0 aliphatic heterocycles. The molecule has 0 saturated heterocycles. The van der Waals surface area contributed by atoms with E-state index in [9.17, 15) is 4.79 Å². The molecular weight excluding hydrogens is 272 g/mol. The molecule has 6 nitrogen and oxygen atoms in total. The number of nitrogens with zero attached hydrogens (tertiary/aromatic N) is 1. The SMILES string of the molecule is COCCNCC(=O)N(C)CCOc1ccccc1OC. The quantitative estimate of drug-likeness (QED) is 0.646. The Morgan fingerprint density at radius 2 is 1.90 bits per heavy atom. The van der Waals surface area contributed by atoms with Crippen molar-refractivity contribution in [3.05, 3.63) is 24.3 Å². The molecule has 0 aliphatic carbocycles. The predicted molar refractivity (Wildman–Crippen MR) is 80.9 cm³/mol. The van der Waals surface area contributed by atoms with Crippen LogP contribution in [0.15, 0.2) is 24.3 Å². The number of carbonyl (C=O) groups is 1. The zero-order chi connectivity index (χ0) is 15.5. The van der Waals surface area contributed by atoms with Crippen LogP contribution in [0.5, 0.6) is 11.5 Å². The van der Waals surface area contributed by atoms with Gasteiger partial charge < -0.3 is 24.4 Å². The minimum absolute atomic E-state index is 0.0229. The number of para-hydroxylation sites is 2. The van der Waals surface area contributed by atoms with E-state index in [2.05, 4.69) is 5.32 Å². The van der Waals surface area contributed by atoms with Crippen molar-refractivity contribution in [3.8, 4) is 11.5 Å². The van der Waals surface area contributed by atoms with Gasteiger partial charge in [-0.05, 0) is 12.1 Å². The summed E-state index contributed by atoms with van der Waals surface area (Å²) in [6.07, 6.45) is 0. The fraction of sp³-hybridized carbons (Fsp3) is 0.533. The minimum Gasteiger partial charge on any atom is -0.493 e.